The molecule has 3 N–H and O–H groups in total. The number of nitrogens with two attached hydrogens (primary N) is 1. The molecule has 0 heterocycles. The van der Waals surface area contributed by atoms with E-state index in [4.69, 9.17) is 5.73 Å². The number of halogens is 5. The van der Waals surface area contributed by atoms with E-state index in [-0.39, 0.29) is 18.4 Å². The predicted octanol–water partition coefficient (Wildman–Crippen LogP) is 2.81. The molecule has 2 rings (SSSR count). The van der Waals surface area contributed by atoms with E-state index in [1.807, 2.05) is 0 Å². The fourth-order valence-electron chi connectivity index (χ4n) is 2.41. The second-order valence-corrected chi connectivity index (χ2v) is 7.06. The predicted molar refractivity (Wildman–Crippen MR) is 79.2 cm³/mol. The Balaban J connectivity index is 0.00000264. The number of hydrogen-bond donors (Lipinski definition) is 2. The third-order valence-electron chi connectivity index (χ3n) is 3.64. The van der Waals surface area contributed by atoms with Crippen LogP contribution in [-0.4, -0.2) is 20.5 Å². The highest BCUT2D eigenvalue weighted by Gasteiger charge is 2.34. The van der Waals surface area contributed by atoms with E-state index in [9.17, 15) is 26.0 Å². The van der Waals surface area contributed by atoms with E-state index >= 15 is 0 Å². The Bertz CT molecular complexity index is 644. The average molecular weight is 377 g/mol. The van der Waals surface area contributed by atoms with Crippen LogP contribution in [0.1, 0.15) is 31.2 Å². The molecular weight excluding hydrogens is 360 g/mol. The van der Waals surface area contributed by atoms with Crippen LogP contribution >= 0.6 is 12.4 Å². The first-order chi connectivity index (χ1) is 10.1. The number of sulfonamides is 1. The van der Waals surface area contributed by atoms with Crippen molar-refractivity contribution in [1.82, 2.24) is 4.72 Å². The third-order valence-corrected chi connectivity index (χ3v) is 5.18. The Morgan fingerprint density at radius 1 is 1.13 bits per heavy atom. The highest BCUT2D eigenvalue weighted by Crippen LogP contribution is 2.31. The third kappa shape index (κ3) is 5.03. The van der Waals surface area contributed by atoms with Gasteiger partial charge in [-0.1, -0.05) is 0 Å². The molecule has 132 valence electrons. The SMILES string of the molecule is Cl.NC1CCC(NS(=O)(=O)c2cc(C(F)(F)F)ccc2F)CC1. The van der Waals surface area contributed by atoms with Gasteiger partial charge in [0, 0.05) is 12.1 Å². The van der Waals surface area contributed by atoms with Gasteiger partial charge in [-0.15, -0.1) is 12.4 Å². The number of alkyl halides is 3. The van der Waals surface area contributed by atoms with Crippen molar-refractivity contribution in [3.8, 4) is 0 Å². The minimum absolute atomic E-state index is 0. The summed E-state index contributed by atoms with van der Waals surface area (Å²) in [5.41, 5.74) is 4.49. The second-order valence-electron chi connectivity index (χ2n) is 5.38. The molecule has 0 atom stereocenters. The van der Waals surface area contributed by atoms with E-state index in [1.54, 1.807) is 0 Å². The van der Waals surface area contributed by atoms with E-state index in [0.717, 1.165) is 0 Å². The molecule has 0 unspecified atom stereocenters. The summed E-state index contributed by atoms with van der Waals surface area (Å²) in [6.07, 6.45) is -2.58. The van der Waals surface area contributed by atoms with Gasteiger partial charge in [0.2, 0.25) is 10.0 Å². The van der Waals surface area contributed by atoms with E-state index in [1.165, 1.54) is 0 Å². The van der Waals surface area contributed by atoms with Crippen LogP contribution < -0.4 is 10.5 Å². The molecule has 23 heavy (non-hydrogen) atoms. The van der Waals surface area contributed by atoms with E-state index in [2.05, 4.69) is 4.72 Å². The molecule has 1 aromatic rings. The summed E-state index contributed by atoms with van der Waals surface area (Å²) in [4.78, 5) is -0.989. The molecule has 1 aromatic carbocycles. The Morgan fingerprint density at radius 2 is 1.70 bits per heavy atom. The number of nitrogens with one attached hydrogen (secondary N) is 1. The molecule has 0 radical (unpaired) electrons. The molecule has 0 aromatic heterocycles. The topological polar surface area (TPSA) is 72.2 Å². The summed E-state index contributed by atoms with van der Waals surface area (Å²) in [7, 11) is -4.36. The summed E-state index contributed by atoms with van der Waals surface area (Å²) >= 11 is 0. The fourth-order valence-corrected chi connectivity index (χ4v) is 3.81. The van der Waals surface area contributed by atoms with Gasteiger partial charge < -0.3 is 5.73 Å². The smallest absolute Gasteiger partial charge is 0.328 e. The van der Waals surface area contributed by atoms with Crippen molar-refractivity contribution in [2.75, 3.05) is 0 Å². The van der Waals surface area contributed by atoms with Crippen molar-refractivity contribution in [1.29, 1.82) is 0 Å². The monoisotopic (exact) mass is 376 g/mol. The molecule has 0 amide bonds. The summed E-state index contributed by atoms with van der Waals surface area (Å²) in [5, 5.41) is 0. The Morgan fingerprint density at radius 3 is 2.22 bits per heavy atom. The van der Waals surface area contributed by atoms with Crippen LogP contribution in [0.2, 0.25) is 0 Å². The molecule has 1 aliphatic rings. The lowest BCUT2D eigenvalue weighted by atomic mass is 9.93. The van der Waals surface area contributed by atoms with Gasteiger partial charge in [-0.3, -0.25) is 0 Å². The first kappa shape index (κ1) is 20.1. The second kappa shape index (κ2) is 7.33. The van der Waals surface area contributed by atoms with Crippen LogP contribution in [0.15, 0.2) is 23.1 Å². The van der Waals surface area contributed by atoms with Gasteiger partial charge in [-0.25, -0.2) is 17.5 Å². The number of benzene rings is 1. The largest absolute Gasteiger partial charge is 0.416 e. The zero-order chi connectivity index (χ0) is 16.5. The quantitative estimate of drug-likeness (QED) is 0.797. The lowest BCUT2D eigenvalue weighted by Crippen LogP contribution is -2.40. The molecule has 1 aliphatic carbocycles. The van der Waals surface area contributed by atoms with Crippen molar-refractivity contribution in [3.63, 3.8) is 0 Å². The summed E-state index contributed by atoms with van der Waals surface area (Å²) in [6.45, 7) is 0. The van der Waals surface area contributed by atoms with Crippen LogP contribution in [0.4, 0.5) is 17.6 Å². The zero-order valence-electron chi connectivity index (χ0n) is 11.9. The molecule has 0 spiro atoms. The molecule has 1 fully saturated rings. The molecule has 0 saturated heterocycles. The maximum Gasteiger partial charge on any atom is 0.416 e. The molecule has 0 aliphatic heterocycles. The molecular formula is C13H17ClF4N2O2S. The Labute approximate surface area is 137 Å². The maximum atomic E-state index is 13.7. The van der Waals surface area contributed by atoms with Gasteiger partial charge >= 0.3 is 6.18 Å². The van der Waals surface area contributed by atoms with E-state index < -0.39 is 38.5 Å². The van der Waals surface area contributed by atoms with Gasteiger partial charge in [0.25, 0.3) is 0 Å². The molecule has 0 bridgehead atoms. The van der Waals surface area contributed by atoms with Gasteiger partial charge in [-0.2, -0.15) is 13.2 Å². The van der Waals surface area contributed by atoms with Gasteiger partial charge in [-0.05, 0) is 43.9 Å². The van der Waals surface area contributed by atoms with Gasteiger partial charge in [0.1, 0.15) is 10.7 Å². The van der Waals surface area contributed by atoms with Crippen LogP contribution in [0.5, 0.6) is 0 Å². The normalized spacial score (nSPS) is 22.5. The molecule has 4 nitrogen and oxygen atoms in total. The number of rotatable bonds is 3. The Hall–Kier alpha value is -0.900. The van der Waals surface area contributed by atoms with Crippen molar-refractivity contribution < 1.29 is 26.0 Å². The van der Waals surface area contributed by atoms with Crippen LogP contribution in [0.3, 0.4) is 0 Å². The first-order valence-corrected chi connectivity index (χ1v) is 8.22. The fraction of sp³-hybridized carbons (Fsp3) is 0.538. The van der Waals surface area contributed by atoms with Crippen molar-refractivity contribution in [2.24, 2.45) is 5.73 Å². The summed E-state index contributed by atoms with van der Waals surface area (Å²) in [5.74, 6) is -1.21. The lowest BCUT2D eigenvalue weighted by Gasteiger charge is -2.26. The summed E-state index contributed by atoms with van der Waals surface area (Å²) < 4.78 is 78.1. The van der Waals surface area contributed by atoms with Crippen molar-refractivity contribution in [2.45, 2.75) is 48.8 Å². The van der Waals surface area contributed by atoms with Crippen LogP contribution in [0.25, 0.3) is 0 Å². The van der Waals surface area contributed by atoms with Crippen molar-refractivity contribution in [3.05, 3.63) is 29.6 Å². The van der Waals surface area contributed by atoms with Crippen LogP contribution in [-0.2, 0) is 16.2 Å². The number of hydrogen-bond acceptors (Lipinski definition) is 3. The van der Waals surface area contributed by atoms with Crippen molar-refractivity contribution >= 4 is 22.4 Å². The minimum Gasteiger partial charge on any atom is -0.328 e. The highest BCUT2D eigenvalue weighted by atomic mass is 35.5. The minimum atomic E-state index is -4.74. The van der Waals surface area contributed by atoms with Gasteiger partial charge in [0.15, 0.2) is 0 Å². The van der Waals surface area contributed by atoms with Crippen LogP contribution in [0, 0.1) is 5.82 Å². The standard InChI is InChI=1S/C13H16F4N2O2S.ClH/c14-11-6-1-8(13(15,16)17)7-12(11)22(20,21)19-10-4-2-9(18)3-5-10;/h1,6-7,9-10,19H,2-5,18H2;1H. The summed E-state index contributed by atoms with van der Waals surface area (Å²) in [6, 6.07) is 0.874. The lowest BCUT2D eigenvalue weighted by molar-refractivity contribution is -0.137. The maximum absolute atomic E-state index is 13.7. The highest BCUT2D eigenvalue weighted by molar-refractivity contribution is 7.89. The molecule has 1 saturated carbocycles. The van der Waals surface area contributed by atoms with E-state index in [0.29, 0.717) is 43.9 Å². The Kier molecular flexibility index (Phi) is 6.42. The zero-order valence-corrected chi connectivity index (χ0v) is 13.6. The first-order valence-electron chi connectivity index (χ1n) is 6.74. The molecule has 10 heteroatoms. The average Bonchev–Trinajstić information content (AvgIpc) is 2.40. The van der Waals surface area contributed by atoms with Gasteiger partial charge in [0.05, 0.1) is 5.56 Å².